The summed E-state index contributed by atoms with van der Waals surface area (Å²) in [5.74, 6) is 2.10. The summed E-state index contributed by atoms with van der Waals surface area (Å²) in [5, 5.41) is 23.9. The van der Waals surface area contributed by atoms with Crippen LogP contribution in [0.4, 0.5) is 0 Å². The summed E-state index contributed by atoms with van der Waals surface area (Å²) in [6, 6.07) is 1.89. The largest absolute Gasteiger partial charge is 0.342 e. The average molecular weight is 370 g/mol. The Morgan fingerprint density at radius 3 is 3.00 bits per heavy atom. The van der Waals surface area contributed by atoms with E-state index in [9.17, 15) is 4.79 Å². The molecule has 1 saturated heterocycles. The molecule has 3 aromatic rings. The Kier molecular flexibility index (Phi) is 4.90. The maximum atomic E-state index is 12.6. The van der Waals surface area contributed by atoms with Gasteiger partial charge in [0, 0.05) is 44.9 Å². The van der Waals surface area contributed by atoms with Crippen molar-refractivity contribution in [1.29, 1.82) is 0 Å². The fourth-order valence-electron chi connectivity index (χ4n) is 3.47. The van der Waals surface area contributed by atoms with Crippen LogP contribution >= 0.6 is 0 Å². The first-order valence-electron chi connectivity index (χ1n) is 9.05. The van der Waals surface area contributed by atoms with E-state index in [1.165, 1.54) is 6.33 Å². The highest BCUT2D eigenvalue weighted by molar-refractivity contribution is 5.76. The smallest absolute Gasteiger partial charge is 0.224 e. The van der Waals surface area contributed by atoms with Crippen LogP contribution in [0.2, 0.25) is 0 Å². The molecular weight excluding hydrogens is 348 g/mol. The molecule has 4 heterocycles. The third kappa shape index (κ3) is 3.86. The van der Waals surface area contributed by atoms with Crippen molar-refractivity contribution < 1.29 is 4.79 Å². The Balaban J connectivity index is 1.39. The molecule has 0 N–H and O–H groups in total. The summed E-state index contributed by atoms with van der Waals surface area (Å²) in [6.07, 6.45) is 7.53. The van der Waals surface area contributed by atoms with Crippen molar-refractivity contribution in [3.63, 3.8) is 0 Å². The third-order valence-electron chi connectivity index (χ3n) is 4.95. The highest BCUT2D eigenvalue weighted by Gasteiger charge is 2.28. The predicted molar refractivity (Wildman–Crippen MR) is 93.3 cm³/mol. The molecule has 0 radical (unpaired) electrons. The quantitative estimate of drug-likeness (QED) is 0.593. The average Bonchev–Trinajstić information content (AvgIpc) is 3.44. The van der Waals surface area contributed by atoms with Gasteiger partial charge in [0.05, 0.1) is 6.54 Å². The summed E-state index contributed by atoms with van der Waals surface area (Å²) in [4.78, 5) is 14.5. The van der Waals surface area contributed by atoms with Gasteiger partial charge in [0.2, 0.25) is 5.91 Å². The Bertz CT molecular complexity index is 869. The van der Waals surface area contributed by atoms with E-state index < -0.39 is 0 Å². The minimum Gasteiger partial charge on any atom is -0.342 e. The third-order valence-corrected chi connectivity index (χ3v) is 4.95. The molecule has 27 heavy (non-hydrogen) atoms. The summed E-state index contributed by atoms with van der Waals surface area (Å²) in [5.41, 5.74) is 0. The number of carbonyl (C=O) groups is 1. The van der Waals surface area contributed by atoms with E-state index >= 15 is 0 Å². The maximum absolute atomic E-state index is 12.6. The number of nitrogens with zero attached hydrogens (tertiary/aromatic N) is 10. The van der Waals surface area contributed by atoms with Crippen molar-refractivity contribution in [3.05, 3.63) is 36.4 Å². The van der Waals surface area contributed by atoms with Gasteiger partial charge in [-0.05, 0) is 29.3 Å². The van der Waals surface area contributed by atoms with E-state index in [1.807, 2.05) is 33.5 Å². The lowest BCUT2D eigenvalue weighted by molar-refractivity contribution is -0.132. The molecule has 0 spiro atoms. The van der Waals surface area contributed by atoms with Crippen molar-refractivity contribution in [2.45, 2.75) is 38.3 Å². The lowest BCUT2D eigenvalue weighted by atomic mass is 9.97. The first kappa shape index (κ1) is 17.3. The zero-order valence-corrected chi connectivity index (χ0v) is 15.2. The van der Waals surface area contributed by atoms with Gasteiger partial charge in [0.25, 0.3) is 0 Å². The Labute approximate surface area is 156 Å². The second kappa shape index (κ2) is 7.64. The van der Waals surface area contributed by atoms with Crippen LogP contribution in [0.15, 0.2) is 24.8 Å². The summed E-state index contributed by atoms with van der Waals surface area (Å²) < 4.78 is 5.43. The number of piperidine rings is 1. The number of aromatic nitrogens is 9. The van der Waals surface area contributed by atoms with E-state index in [1.54, 1.807) is 10.9 Å². The zero-order chi connectivity index (χ0) is 18.6. The number of aryl methyl sites for hydroxylation is 1. The lowest BCUT2D eigenvalue weighted by Crippen LogP contribution is -2.40. The molecule has 142 valence electrons. The normalized spacial score (nSPS) is 17.4. The van der Waals surface area contributed by atoms with Gasteiger partial charge in [-0.2, -0.15) is 5.10 Å². The molecule has 4 rings (SSSR count). The number of hydrogen-bond acceptors (Lipinski definition) is 7. The fraction of sp³-hybridized carbons (Fsp3) is 0.562. The van der Waals surface area contributed by atoms with Gasteiger partial charge < -0.3 is 9.47 Å². The van der Waals surface area contributed by atoms with E-state index in [-0.39, 0.29) is 11.8 Å². The number of likely N-dealkylation sites (tertiary alicyclic amines) is 1. The molecule has 1 aliphatic rings. The number of rotatable bonds is 6. The van der Waals surface area contributed by atoms with Crippen molar-refractivity contribution in [2.75, 3.05) is 13.1 Å². The van der Waals surface area contributed by atoms with E-state index in [2.05, 4.69) is 30.8 Å². The molecule has 1 amide bonds. The van der Waals surface area contributed by atoms with Crippen LogP contribution in [-0.2, 0) is 24.9 Å². The molecule has 0 aromatic carbocycles. The summed E-state index contributed by atoms with van der Waals surface area (Å²) in [7, 11) is 1.98. The van der Waals surface area contributed by atoms with E-state index in [0.29, 0.717) is 26.1 Å². The van der Waals surface area contributed by atoms with Crippen LogP contribution in [0.25, 0.3) is 0 Å². The number of carbonyl (C=O) groups excluding carboxylic acids is 1. The lowest BCUT2D eigenvalue weighted by Gasteiger charge is -2.32. The van der Waals surface area contributed by atoms with Gasteiger partial charge in [-0.1, -0.05) is 0 Å². The first-order chi connectivity index (χ1) is 13.2. The zero-order valence-electron chi connectivity index (χ0n) is 15.2. The van der Waals surface area contributed by atoms with Gasteiger partial charge in [-0.25, -0.2) is 4.68 Å². The second-order valence-corrected chi connectivity index (χ2v) is 6.74. The van der Waals surface area contributed by atoms with Crippen LogP contribution in [0.1, 0.15) is 36.8 Å². The fourth-order valence-corrected chi connectivity index (χ4v) is 3.47. The summed E-state index contributed by atoms with van der Waals surface area (Å²) in [6.45, 7) is 2.52. The predicted octanol–water partition coefficient (Wildman–Crippen LogP) is -0.157. The van der Waals surface area contributed by atoms with Crippen LogP contribution in [0.5, 0.6) is 0 Å². The molecule has 1 atom stereocenters. The van der Waals surface area contributed by atoms with Crippen LogP contribution in [0, 0.1) is 0 Å². The Morgan fingerprint density at radius 1 is 1.30 bits per heavy atom. The standard InChI is InChI=1S/C16H22N10O/c1-23-14(11-25-8-3-6-18-25)19-20-16(23)13-4-2-7-24(10-13)15(27)5-9-26-12-17-21-22-26/h3,6,8,12-13H,2,4-5,7,9-11H2,1H3/t13-/m1/s1. The number of hydrogen-bond donors (Lipinski definition) is 0. The highest BCUT2D eigenvalue weighted by atomic mass is 16.2. The van der Waals surface area contributed by atoms with Gasteiger partial charge in [-0.3, -0.25) is 9.48 Å². The van der Waals surface area contributed by atoms with Crippen LogP contribution in [-0.4, -0.2) is 68.6 Å². The minimum atomic E-state index is 0.120. The monoisotopic (exact) mass is 370 g/mol. The molecular formula is C16H22N10O. The Hall–Kier alpha value is -3.11. The molecule has 11 heteroatoms. The minimum absolute atomic E-state index is 0.120. The maximum Gasteiger partial charge on any atom is 0.224 e. The van der Waals surface area contributed by atoms with Crippen molar-refractivity contribution in [2.24, 2.45) is 7.05 Å². The van der Waals surface area contributed by atoms with Gasteiger partial charge in [0.1, 0.15) is 18.7 Å². The first-order valence-corrected chi connectivity index (χ1v) is 9.05. The molecule has 1 fully saturated rings. The summed E-state index contributed by atoms with van der Waals surface area (Å²) >= 11 is 0. The van der Waals surface area contributed by atoms with E-state index in [0.717, 1.165) is 31.0 Å². The number of amides is 1. The molecule has 0 aliphatic carbocycles. The molecule has 3 aromatic heterocycles. The topological polar surface area (TPSA) is 112 Å². The Morgan fingerprint density at radius 2 is 2.22 bits per heavy atom. The second-order valence-electron chi connectivity index (χ2n) is 6.74. The van der Waals surface area contributed by atoms with Crippen molar-refractivity contribution in [1.82, 2.24) is 49.7 Å². The molecule has 0 bridgehead atoms. The molecule has 0 saturated carbocycles. The van der Waals surface area contributed by atoms with Crippen LogP contribution in [0.3, 0.4) is 0 Å². The van der Waals surface area contributed by atoms with Crippen molar-refractivity contribution in [3.8, 4) is 0 Å². The van der Waals surface area contributed by atoms with Gasteiger partial charge in [-0.15, -0.1) is 15.3 Å². The number of tetrazole rings is 1. The van der Waals surface area contributed by atoms with Gasteiger partial charge >= 0.3 is 0 Å². The van der Waals surface area contributed by atoms with Gasteiger partial charge in [0.15, 0.2) is 5.82 Å². The van der Waals surface area contributed by atoms with Crippen LogP contribution < -0.4 is 0 Å². The van der Waals surface area contributed by atoms with E-state index in [4.69, 9.17) is 0 Å². The molecule has 11 nitrogen and oxygen atoms in total. The molecule has 1 aliphatic heterocycles. The molecule has 0 unspecified atom stereocenters. The van der Waals surface area contributed by atoms with Crippen molar-refractivity contribution >= 4 is 5.91 Å². The SMILES string of the molecule is Cn1c(Cn2cccn2)nnc1[C@@H]1CCCN(C(=O)CCn2cnnn2)C1. The highest BCUT2D eigenvalue weighted by Crippen LogP contribution is 2.26.